The van der Waals surface area contributed by atoms with Crippen LogP contribution in [0.15, 0.2) is 12.3 Å². The van der Waals surface area contributed by atoms with Gasteiger partial charge in [-0.05, 0) is 13.0 Å². The molecule has 0 saturated heterocycles. The van der Waals surface area contributed by atoms with Gasteiger partial charge in [0.1, 0.15) is 5.69 Å². The van der Waals surface area contributed by atoms with Crippen LogP contribution in [0, 0.1) is 0 Å². The van der Waals surface area contributed by atoms with E-state index in [0.29, 0.717) is 5.56 Å². The molecule has 0 saturated carbocycles. The number of rotatable bonds is 3. The van der Waals surface area contributed by atoms with Crippen molar-refractivity contribution in [1.29, 1.82) is 0 Å². The van der Waals surface area contributed by atoms with Crippen molar-refractivity contribution >= 4 is 5.97 Å². The minimum atomic E-state index is -0.959. The molecular formula is C8H11NO3. The highest BCUT2D eigenvalue weighted by molar-refractivity contribution is 5.87. The Morgan fingerprint density at radius 1 is 1.75 bits per heavy atom. The number of hydrogen-bond donors (Lipinski definition) is 2. The van der Waals surface area contributed by atoms with Crippen LogP contribution in [-0.4, -0.2) is 23.2 Å². The summed E-state index contributed by atoms with van der Waals surface area (Å²) in [7, 11) is 1.54. The molecule has 0 aliphatic carbocycles. The highest BCUT2D eigenvalue weighted by Crippen LogP contribution is 2.18. The predicted octanol–water partition coefficient (Wildman–Crippen LogP) is 1.42. The summed E-state index contributed by atoms with van der Waals surface area (Å²) in [5.41, 5.74) is 0.870. The number of methoxy groups -OCH3 is 1. The van der Waals surface area contributed by atoms with E-state index in [4.69, 9.17) is 9.84 Å². The van der Waals surface area contributed by atoms with Crippen molar-refractivity contribution in [2.75, 3.05) is 7.11 Å². The first-order valence-electron chi connectivity index (χ1n) is 3.60. The molecule has 12 heavy (non-hydrogen) atoms. The van der Waals surface area contributed by atoms with Crippen LogP contribution in [0.2, 0.25) is 0 Å². The lowest BCUT2D eigenvalue weighted by atomic mass is 10.1. The van der Waals surface area contributed by atoms with Crippen molar-refractivity contribution in [2.45, 2.75) is 13.0 Å². The zero-order valence-electron chi connectivity index (χ0n) is 7.00. The topological polar surface area (TPSA) is 62.3 Å². The van der Waals surface area contributed by atoms with E-state index in [1.165, 1.54) is 0 Å². The van der Waals surface area contributed by atoms with Crippen LogP contribution in [0.1, 0.15) is 29.1 Å². The first kappa shape index (κ1) is 8.80. The van der Waals surface area contributed by atoms with Gasteiger partial charge in [-0.25, -0.2) is 4.79 Å². The summed E-state index contributed by atoms with van der Waals surface area (Å²) in [6, 6.07) is 1.71. The zero-order valence-corrected chi connectivity index (χ0v) is 7.00. The fourth-order valence-corrected chi connectivity index (χ4v) is 1.03. The van der Waals surface area contributed by atoms with Crippen molar-refractivity contribution in [3.8, 4) is 0 Å². The average molecular weight is 169 g/mol. The van der Waals surface area contributed by atoms with Gasteiger partial charge in [0.05, 0.1) is 6.10 Å². The maximum absolute atomic E-state index is 10.6. The number of carboxylic acids is 1. The molecule has 0 spiro atoms. The van der Waals surface area contributed by atoms with Crippen LogP contribution in [-0.2, 0) is 4.74 Å². The molecule has 4 nitrogen and oxygen atoms in total. The number of ether oxygens (including phenoxy) is 1. The first-order chi connectivity index (χ1) is 5.66. The van der Waals surface area contributed by atoms with Crippen LogP contribution in [0.5, 0.6) is 0 Å². The summed E-state index contributed by atoms with van der Waals surface area (Å²) in [6.07, 6.45) is 1.40. The molecule has 0 fully saturated rings. The van der Waals surface area contributed by atoms with Gasteiger partial charge in [-0.3, -0.25) is 0 Å². The Kier molecular flexibility index (Phi) is 2.50. The van der Waals surface area contributed by atoms with E-state index in [9.17, 15) is 4.79 Å². The van der Waals surface area contributed by atoms with Gasteiger partial charge in [0.15, 0.2) is 0 Å². The summed E-state index contributed by atoms with van der Waals surface area (Å²) in [5, 5.41) is 8.71. The number of aromatic carboxylic acids is 1. The standard InChI is InChI=1S/C8H11NO3/c1-5(12-2)6-3-4-9-7(6)8(10)11/h3-5,9H,1-2H3,(H,10,11). The zero-order chi connectivity index (χ0) is 9.14. The monoisotopic (exact) mass is 169 g/mol. The second-order valence-electron chi connectivity index (χ2n) is 2.49. The lowest BCUT2D eigenvalue weighted by Crippen LogP contribution is -2.04. The predicted molar refractivity (Wildman–Crippen MR) is 43.2 cm³/mol. The fourth-order valence-electron chi connectivity index (χ4n) is 1.03. The Balaban J connectivity index is 2.98. The van der Waals surface area contributed by atoms with Crippen LogP contribution in [0.4, 0.5) is 0 Å². The Morgan fingerprint density at radius 2 is 2.42 bits per heavy atom. The smallest absolute Gasteiger partial charge is 0.352 e. The largest absolute Gasteiger partial charge is 0.477 e. The second kappa shape index (κ2) is 3.40. The van der Waals surface area contributed by atoms with Gasteiger partial charge in [0, 0.05) is 18.9 Å². The van der Waals surface area contributed by atoms with E-state index >= 15 is 0 Å². The molecule has 0 radical (unpaired) electrons. The van der Waals surface area contributed by atoms with E-state index in [-0.39, 0.29) is 11.8 Å². The van der Waals surface area contributed by atoms with Crippen molar-refractivity contribution in [3.05, 3.63) is 23.5 Å². The minimum Gasteiger partial charge on any atom is -0.477 e. The third-order valence-electron chi connectivity index (χ3n) is 1.78. The van der Waals surface area contributed by atoms with E-state index < -0.39 is 5.97 Å². The van der Waals surface area contributed by atoms with Crippen LogP contribution >= 0.6 is 0 Å². The van der Waals surface area contributed by atoms with Crippen molar-refractivity contribution in [3.63, 3.8) is 0 Å². The quantitative estimate of drug-likeness (QED) is 0.719. The molecule has 4 heteroatoms. The molecule has 1 heterocycles. The van der Waals surface area contributed by atoms with Gasteiger partial charge in [0.25, 0.3) is 0 Å². The summed E-state index contributed by atoms with van der Waals surface area (Å²) in [4.78, 5) is 13.3. The highest BCUT2D eigenvalue weighted by atomic mass is 16.5. The van der Waals surface area contributed by atoms with Gasteiger partial charge in [0.2, 0.25) is 0 Å². The third-order valence-corrected chi connectivity index (χ3v) is 1.78. The molecule has 2 N–H and O–H groups in total. The number of aromatic amines is 1. The van der Waals surface area contributed by atoms with Gasteiger partial charge < -0.3 is 14.8 Å². The first-order valence-corrected chi connectivity index (χ1v) is 3.60. The Labute approximate surface area is 70.2 Å². The number of H-pyrrole nitrogens is 1. The lowest BCUT2D eigenvalue weighted by molar-refractivity contribution is 0.0677. The minimum absolute atomic E-state index is 0.192. The SMILES string of the molecule is COC(C)c1cc[nH]c1C(=O)O. The molecule has 0 bridgehead atoms. The number of carboxylic acid groups (broad SMARTS) is 1. The maximum Gasteiger partial charge on any atom is 0.352 e. The van der Waals surface area contributed by atoms with Crippen LogP contribution in [0.25, 0.3) is 0 Å². The van der Waals surface area contributed by atoms with Crippen LogP contribution in [0.3, 0.4) is 0 Å². The Morgan fingerprint density at radius 3 is 2.92 bits per heavy atom. The van der Waals surface area contributed by atoms with Gasteiger partial charge in [-0.1, -0.05) is 0 Å². The average Bonchev–Trinajstić information content (AvgIpc) is 2.50. The molecule has 1 unspecified atom stereocenters. The molecule has 1 aromatic heterocycles. The molecule has 1 atom stereocenters. The van der Waals surface area contributed by atoms with Crippen molar-refractivity contribution in [1.82, 2.24) is 4.98 Å². The molecule has 66 valence electrons. The maximum atomic E-state index is 10.6. The number of aromatic nitrogens is 1. The molecule has 0 aliphatic rings. The number of hydrogen-bond acceptors (Lipinski definition) is 2. The number of nitrogens with one attached hydrogen (secondary N) is 1. The van der Waals surface area contributed by atoms with Crippen molar-refractivity contribution < 1.29 is 14.6 Å². The van der Waals surface area contributed by atoms with E-state index in [2.05, 4.69) is 4.98 Å². The van der Waals surface area contributed by atoms with Crippen LogP contribution < -0.4 is 0 Å². The molecular weight excluding hydrogens is 158 g/mol. The summed E-state index contributed by atoms with van der Waals surface area (Å²) in [6.45, 7) is 1.80. The molecule has 1 aromatic rings. The highest BCUT2D eigenvalue weighted by Gasteiger charge is 2.15. The van der Waals surface area contributed by atoms with Gasteiger partial charge in [-0.2, -0.15) is 0 Å². The lowest BCUT2D eigenvalue weighted by Gasteiger charge is -2.07. The molecule has 0 amide bonds. The normalized spacial score (nSPS) is 12.8. The Bertz CT molecular complexity index is 280. The third kappa shape index (κ3) is 1.48. The van der Waals surface area contributed by atoms with E-state index in [1.54, 1.807) is 26.3 Å². The van der Waals surface area contributed by atoms with Crippen molar-refractivity contribution in [2.24, 2.45) is 0 Å². The molecule has 1 rings (SSSR count). The van der Waals surface area contributed by atoms with E-state index in [0.717, 1.165) is 0 Å². The summed E-state index contributed by atoms with van der Waals surface area (Å²) < 4.78 is 5.00. The summed E-state index contributed by atoms with van der Waals surface area (Å²) >= 11 is 0. The van der Waals surface area contributed by atoms with Gasteiger partial charge in [-0.15, -0.1) is 0 Å². The van der Waals surface area contributed by atoms with Gasteiger partial charge >= 0.3 is 5.97 Å². The number of carbonyl (C=O) groups is 1. The fraction of sp³-hybridized carbons (Fsp3) is 0.375. The summed E-state index contributed by atoms with van der Waals surface area (Å²) in [5.74, 6) is -0.959. The van der Waals surface area contributed by atoms with E-state index in [1.807, 2.05) is 0 Å². The molecule has 0 aromatic carbocycles. The Hall–Kier alpha value is -1.29. The second-order valence-corrected chi connectivity index (χ2v) is 2.49. The molecule has 0 aliphatic heterocycles.